The quantitative estimate of drug-likeness (QED) is 0.231. The van der Waals surface area contributed by atoms with E-state index in [1.807, 2.05) is 0 Å². The predicted octanol–water partition coefficient (Wildman–Crippen LogP) is 8.01. The third-order valence-electron chi connectivity index (χ3n) is 3.31. The Labute approximate surface area is 177 Å². The van der Waals surface area contributed by atoms with E-state index in [0.717, 1.165) is 6.07 Å². The van der Waals surface area contributed by atoms with Crippen molar-refractivity contribution in [3.05, 3.63) is 29.3 Å². The zero-order valence-electron chi connectivity index (χ0n) is 15.0. The molecule has 29 heavy (non-hydrogen) atoms. The molecule has 0 fully saturated rings. The van der Waals surface area contributed by atoms with Crippen LogP contribution in [-0.2, 0) is 22.4 Å². The average molecular weight is 536 g/mol. The molecule has 1 aromatic carbocycles. The van der Waals surface area contributed by atoms with Crippen molar-refractivity contribution in [2.45, 2.75) is 37.4 Å². The van der Waals surface area contributed by atoms with Gasteiger partial charge in [0.05, 0.1) is 0 Å². The number of para-hydroxylation sites is 1. The van der Waals surface area contributed by atoms with E-state index in [-0.39, 0.29) is 5.56 Å². The first-order chi connectivity index (χ1) is 12.5. The molecule has 0 aliphatic heterocycles. The monoisotopic (exact) mass is 535 g/mol. The van der Waals surface area contributed by atoms with Crippen molar-refractivity contribution in [3.8, 4) is 5.75 Å². The molecule has 15 heteroatoms. The second-order valence-corrected chi connectivity index (χ2v) is 11.8. The van der Waals surface area contributed by atoms with Gasteiger partial charge in [0.1, 0.15) is 12.3 Å². The number of halogens is 11. The molecule has 0 radical (unpaired) electrons. The van der Waals surface area contributed by atoms with Crippen LogP contribution in [-0.4, -0.2) is 29.0 Å². The first kappa shape index (κ1) is 28.7. The first-order valence-corrected chi connectivity index (χ1v) is 13.5. The van der Waals surface area contributed by atoms with Crippen LogP contribution >= 0.6 is 28.8 Å². The molecule has 0 amide bonds. The Kier molecular flexibility index (Phi) is 8.24. The zero-order valence-corrected chi connectivity index (χ0v) is 18.9. The molecule has 2 nitrogen and oxygen atoms in total. The molecular weight excluding hydrogens is 520 g/mol. The molecule has 0 spiro atoms. The minimum atomic E-state index is -11.8. The molecule has 0 atom stereocenters. The van der Waals surface area contributed by atoms with Crippen molar-refractivity contribution in [3.63, 3.8) is 0 Å². The summed E-state index contributed by atoms with van der Waals surface area (Å²) in [6.45, 7) is 2.51. The van der Waals surface area contributed by atoms with Crippen LogP contribution in [0, 0.1) is 0 Å². The van der Waals surface area contributed by atoms with E-state index in [4.69, 9.17) is 18.6 Å². The fraction of sp³-hybridized carbons (Fsp3) is 0.500. The van der Waals surface area contributed by atoms with Gasteiger partial charge in [-0.05, 0) is 17.0 Å². The molecular formula is C14H16Cl2F9NOSTi. The molecule has 0 aliphatic carbocycles. The van der Waals surface area contributed by atoms with Crippen molar-refractivity contribution >= 4 is 35.0 Å². The Morgan fingerprint density at radius 1 is 1.03 bits per heavy atom. The number of hydrogen-bond acceptors (Lipinski definition) is 2. The first-order valence-electron chi connectivity index (χ1n) is 7.29. The summed E-state index contributed by atoms with van der Waals surface area (Å²) >= 11 is -0.556. The molecule has 0 unspecified atom stereocenters. The van der Waals surface area contributed by atoms with Gasteiger partial charge in [-0.15, -0.1) is 0 Å². The van der Waals surface area contributed by atoms with E-state index in [1.54, 1.807) is 20.8 Å². The van der Waals surface area contributed by atoms with Crippen LogP contribution in [0.5, 0.6) is 5.75 Å². The summed E-state index contributed by atoms with van der Waals surface area (Å²) in [5, 5.41) is 2.46. The van der Waals surface area contributed by atoms with Crippen LogP contribution < -0.4 is 0 Å². The van der Waals surface area contributed by atoms with E-state index < -0.39 is 56.1 Å². The average Bonchev–Trinajstić information content (AvgIpc) is 2.45. The van der Waals surface area contributed by atoms with Gasteiger partial charge in [-0.1, -0.05) is 52.3 Å². The van der Waals surface area contributed by atoms with Gasteiger partial charge < -0.3 is 5.11 Å². The number of nitrogens with zero attached hydrogens (tertiary/aromatic N) is 1. The summed E-state index contributed by atoms with van der Waals surface area (Å²) in [5.41, 5.74) is -0.526. The van der Waals surface area contributed by atoms with Gasteiger partial charge in [0.2, 0.25) is 0 Å². The van der Waals surface area contributed by atoms with Crippen molar-refractivity contribution in [2.24, 2.45) is 4.99 Å². The van der Waals surface area contributed by atoms with Gasteiger partial charge in [0.15, 0.2) is 0 Å². The Morgan fingerprint density at radius 3 is 1.86 bits per heavy atom. The molecule has 1 aromatic rings. The van der Waals surface area contributed by atoms with E-state index >= 15 is 0 Å². The number of hydrogen-bond donors (Lipinski definition) is 1. The normalized spacial score (nSPS) is 15.9. The van der Waals surface area contributed by atoms with Crippen LogP contribution in [0.25, 0.3) is 0 Å². The summed E-state index contributed by atoms with van der Waals surface area (Å²) in [4.78, 5) is 2.71. The van der Waals surface area contributed by atoms with Crippen LogP contribution in [0.3, 0.4) is 0 Å². The van der Waals surface area contributed by atoms with Gasteiger partial charge >= 0.3 is 57.0 Å². The summed E-state index contributed by atoms with van der Waals surface area (Å²) < 4.78 is 113. The fourth-order valence-corrected chi connectivity index (χ4v) is 2.53. The molecule has 1 rings (SSSR count). The number of aliphatic imine (C=N–C) groups is 1. The minimum absolute atomic E-state index is 0.246. The summed E-state index contributed by atoms with van der Waals surface area (Å²) in [7, 11) is -2.04. The van der Waals surface area contributed by atoms with Crippen LogP contribution in [0.1, 0.15) is 31.9 Å². The molecule has 170 valence electrons. The van der Waals surface area contributed by atoms with Crippen molar-refractivity contribution in [1.29, 1.82) is 0 Å². The van der Waals surface area contributed by atoms with Gasteiger partial charge in [-0.2, -0.15) is 17.6 Å². The molecule has 0 aliphatic rings. The van der Waals surface area contributed by atoms with Crippen molar-refractivity contribution < 1.29 is 59.1 Å². The molecule has 1 N–H and O–H groups in total. The zero-order chi connectivity index (χ0) is 23.6. The van der Waals surface area contributed by atoms with Crippen molar-refractivity contribution in [2.75, 3.05) is 6.54 Å². The molecule has 0 aromatic heterocycles. The summed E-state index contributed by atoms with van der Waals surface area (Å²) in [6.07, 6.45) is 0.417. The van der Waals surface area contributed by atoms with E-state index in [9.17, 15) is 42.1 Å². The third kappa shape index (κ3) is 7.12. The van der Waals surface area contributed by atoms with E-state index in [2.05, 4.69) is 4.99 Å². The topological polar surface area (TPSA) is 32.6 Å². The van der Waals surface area contributed by atoms with Crippen molar-refractivity contribution in [1.82, 2.24) is 0 Å². The van der Waals surface area contributed by atoms with E-state index in [1.165, 1.54) is 12.1 Å². The Morgan fingerprint density at radius 2 is 1.48 bits per heavy atom. The molecule has 0 saturated heterocycles. The van der Waals surface area contributed by atoms with Gasteiger partial charge in [-0.25, -0.2) is 0 Å². The standard InChI is InChI=1S/C14H16F9NOS.2ClH.Ti/c1-12(2,3)10-6-4-5-9(11(10)25)7-24-8-13(15,16)14(17,18)26(19,20,21,22)23;;;/h4-7,25H,8H2,1-3H3;2*1H;/q;;;+2/p-2. The van der Waals surface area contributed by atoms with Gasteiger partial charge in [0.25, 0.3) is 0 Å². The number of phenols is 1. The second-order valence-electron chi connectivity index (χ2n) is 6.72. The number of rotatable bonds is 5. The maximum atomic E-state index is 13.2. The van der Waals surface area contributed by atoms with E-state index in [0.29, 0.717) is 11.8 Å². The maximum absolute atomic E-state index is 13.2. The van der Waals surface area contributed by atoms with Crippen LogP contribution in [0.4, 0.5) is 37.0 Å². The summed E-state index contributed by atoms with van der Waals surface area (Å²) in [5.74, 6) is -6.63. The SMILES string of the molecule is CC(C)(C)c1cccc(C=NCC(F)(F)C(F)(F)S(F)(F)(F)(F)F)c1O.[Cl][Ti][Cl]. The molecule has 0 heterocycles. The second kappa shape index (κ2) is 8.33. The number of benzene rings is 1. The molecule has 0 saturated carbocycles. The van der Waals surface area contributed by atoms with Gasteiger partial charge in [-0.3, -0.25) is 4.99 Å². The Balaban J connectivity index is 0.00000245. The van der Waals surface area contributed by atoms with Crippen LogP contribution in [0.2, 0.25) is 0 Å². The predicted molar refractivity (Wildman–Crippen MR) is 94.0 cm³/mol. The number of alkyl halides is 4. The third-order valence-corrected chi connectivity index (χ3v) is 4.57. The number of aromatic hydroxyl groups is 1. The Hall–Kier alpha value is -0.296. The fourth-order valence-electron chi connectivity index (χ4n) is 1.90. The Bertz CT molecular complexity index is 752. The van der Waals surface area contributed by atoms with Crippen LogP contribution in [0.15, 0.2) is 23.2 Å². The number of phenolic OH excluding ortho intramolecular Hbond substituents is 1. The summed E-state index contributed by atoms with van der Waals surface area (Å²) in [6, 6.07) is 3.97. The molecule has 0 bridgehead atoms. The van der Waals surface area contributed by atoms with Gasteiger partial charge in [0, 0.05) is 11.8 Å².